The molecule has 9 heteroatoms. The van der Waals surface area contributed by atoms with Crippen LogP contribution < -0.4 is 16.5 Å². The third kappa shape index (κ3) is 4.93. The van der Waals surface area contributed by atoms with Crippen molar-refractivity contribution in [2.24, 2.45) is 5.84 Å². The molecule has 7 nitrogen and oxygen atoms in total. The highest BCUT2D eigenvalue weighted by Gasteiger charge is 2.15. The van der Waals surface area contributed by atoms with Crippen molar-refractivity contribution in [3.8, 4) is 0 Å². The van der Waals surface area contributed by atoms with Crippen molar-refractivity contribution in [2.45, 2.75) is 0 Å². The lowest BCUT2D eigenvalue weighted by Crippen LogP contribution is -2.43. The fraction of sp³-hybridized carbons (Fsp3) is 0. The van der Waals surface area contributed by atoms with Gasteiger partial charge in [0.25, 0.3) is 0 Å². The highest BCUT2D eigenvalue weighted by Crippen LogP contribution is 2.10. The molecule has 0 bridgehead atoms. The van der Waals surface area contributed by atoms with Gasteiger partial charge >= 0.3 is 12.1 Å². The van der Waals surface area contributed by atoms with Gasteiger partial charge in [-0.1, -0.05) is 5.17 Å². The number of nitrogens with one attached hydrogen (secondary N) is 2. The van der Waals surface area contributed by atoms with Crippen molar-refractivity contribution in [1.82, 2.24) is 5.17 Å². The number of hydrazine groups is 1. The van der Waals surface area contributed by atoms with Crippen LogP contribution in [0.2, 0.25) is 0 Å². The van der Waals surface area contributed by atoms with Crippen LogP contribution >= 0.6 is 0 Å². The number of benzene rings is 2. The molecule has 0 aliphatic heterocycles. The van der Waals surface area contributed by atoms with Crippen molar-refractivity contribution in [1.29, 1.82) is 0 Å². The van der Waals surface area contributed by atoms with Crippen LogP contribution in [0.1, 0.15) is 0 Å². The maximum Gasteiger partial charge on any atom is 0.437 e. The summed E-state index contributed by atoms with van der Waals surface area (Å²) in [6.45, 7) is 0. The Balaban J connectivity index is 1.86. The lowest BCUT2D eigenvalue weighted by atomic mass is 10.3. The van der Waals surface area contributed by atoms with Gasteiger partial charge in [-0.05, 0) is 48.5 Å². The molecule has 2 aromatic rings. The highest BCUT2D eigenvalue weighted by atomic mass is 19.1. The van der Waals surface area contributed by atoms with Crippen LogP contribution in [-0.4, -0.2) is 17.3 Å². The second-order valence-electron chi connectivity index (χ2n) is 4.27. The molecule has 0 aliphatic carbocycles. The number of carbonyl (C=O) groups is 2. The lowest BCUT2D eigenvalue weighted by molar-refractivity contribution is -0.0479. The molecule has 0 aliphatic rings. The number of anilines is 2. The molecule has 0 heterocycles. The van der Waals surface area contributed by atoms with Crippen molar-refractivity contribution < 1.29 is 23.2 Å². The number of halogens is 2. The minimum atomic E-state index is -1.05. The van der Waals surface area contributed by atoms with Gasteiger partial charge in [0.1, 0.15) is 11.6 Å². The quantitative estimate of drug-likeness (QED) is 0.450. The zero-order chi connectivity index (χ0) is 16.8. The van der Waals surface area contributed by atoms with E-state index in [2.05, 4.69) is 15.5 Å². The number of amides is 3. The van der Waals surface area contributed by atoms with E-state index in [1.165, 1.54) is 24.3 Å². The molecule has 0 spiro atoms. The molecule has 0 fully saturated rings. The van der Waals surface area contributed by atoms with Gasteiger partial charge in [-0.15, -0.1) is 0 Å². The molecule has 120 valence electrons. The van der Waals surface area contributed by atoms with Crippen molar-refractivity contribution >= 4 is 23.5 Å². The van der Waals surface area contributed by atoms with Gasteiger partial charge in [0, 0.05) is 11.4 Å². The van der Waals surface area contributed by atoms with Gasteiger partial charge in [-0.25, -0.2) is 24.2 Å². The second-order valence-corrected chi connectivity index (χ2v) is 4.27. The Morgan fingerprint density at radius 3 is 1.78 bits per heavy atom. The summed E-state index contributed by atoms with van der Waals surface area (Å²) in [5.74, 6) is 4.34. The van der Waals surface area contributed by atoms with E-state index in [1.54, 1.807) is 0 Å². The van der Waals surface area contributed by atoms with Crippen LogP contribution in [0.3, 0.4) is 0 Å². The predicted molar refractivity (Wildman–Crippen MR) is 77.9 cm³/mol. The molecule has 2 aromatic carbocycles. The minimum absolute atomic E-state index is 0.169. The molecule has 2 rings (SSSR count). The van der Waals surface area contributed by atoms with Crippen LogP contribution in [0.15, 0.2) is 48.5 Å². The first-order valence-corrected chi connectivity index (χ1v) is 6.30. The maximum atomic E-state index is 12.7. The average molecular weight is 322 g/mol. The van der Waals surface area contributed by atoms with E-state index in [0.29, 0.717) is 0 Å². The Kier molecular flexibility index (Phi) is 5.05. The van der Waals surface area contributed by atoms with Gasteiger partial charge in [0.05, 0.1) is 0 Å². The normalized spacial score (nSPS) is 9.87. The minimum Gasteiger partial charge on any atom is -0.304 e. The maximum absolute atomic E-state index is 12.7. The standard InChI is InChI=1S/C14H12F2N4O3/c15-9-1-5-11(6-2-9)18-13(21)20(17)23-14(22)19-12-7-3-10(16)4-8-12/h1-8H,17H2,(H,18,21)(H,19,22). The van der Waals surface area contributed by atoms with E-state index >= 15 is 0 Å². The Bertz CT molecular complexity index is 692. The van der Waals surface area contributed by atoms with Gasteiger partial charge in [0.2, 0.25) is 0 Å². The van der Waals surface area contributed by atoms with Crippen molar-refractivity contribution in [3.05, 3.63) is 60.2 Å². The van der Waals surface area contributed by atoms with Crippen LogP contribution in [0, 0.1) is 11.6 Å². The molecule has 3 amide bonds. The first-order valence-electron chi connectivity index (χ1n) is 6.30. The summed E-state index contributed by atoms with van der Waals surface area (Å²) >= 11 is 0. The van der Waals surface area contributed by atoms with E-state index in [0.717, 1.165) is 24.3 Å². The first-order chi connectivity index (χ1) is 10.9. The van der Waals surface area contributed by atoms with Gasteiger partial charge in [-0.3, -0.25) is 5.32 Å². The third-order valence-electron chi connectivity index (χ3n) is 2.57. The first kappa shape index (κ1) is 16.2. The van der Waals surface area contributed by atoms with Crippen LogP contribution in [0.5, 0.6) is 0 Å². The Morgan fingerprint density at radius 2 is 1.30 bits per heavy atom. The number of nitrogens with zero attached hydrogens (tertiary/aromatic N) is 1. The topological polar surface area (TPSA) is 96.7 Å². The van der Waals surface area contributed by atoms with E-state index < -0.39 is 23.8 Å². The van der Waals surface area contributed by atoms with Gasteiger partial charge < -0.3 is 10.2 Å². The molecule has 0 saturated heterocycles. The summed E-state index contributed by atoms with van der Waals surface area (Å²) in [4.78, 5) is 27.7. The van der Waals surface area contributed by atoms with E-state index in [4.69, 9.17) is 5.84 Å². The average Bonchev–Trinajstić information content (AvgIpc) is 2.51. The number of hydrogen-bond donors (Lipinski definition) is 3. The van der Waals surface area contributed by atoms with Gasteiger partial charge in [0.15, 0.2) is 0 Å². The van der Waals surface area contributed by atoms with E-state index in [9.17, 15) is 18.4 Å². The Morgan fingerprint density at radius 1 is 0.870 bits per heavy atom. The second kappa shape index (κ2) is 7.18. The number of hydrogen-bond acceptors (Lipinski definition) is 4. The summed E-state index contributed by atoms with van der Waals surface area (Å²) in [7, 11) is 0. The van der Waals surface area contributed by atoms with E-state index in [-0.39, 0.29) is 16.5 Å². The van der Waals surface area contributed by atoms with E-state index in [1.807, 2.05) is 0 Å². The number of hydroxylamine groups is 1. The largest absolute Gasteiger partial charge is 0.437 e. The summed E-state index contributed by atoms with van der Waals surface area (Å²) in [5.41, 5.74) is 0.512. The van der Waals surface area contributed by atoms with Crippen molar-refractivity contribution in [2.75, 3.05) is 10.6 Å². The third-order valence-corrected chi connectivity index (χ3v) is 2.57. The monoisotopic (exact) mass is 322 g/mol. The Hall–Kier alpha value is -3.20. The fourth-order valence-electron chi connectivity index (χ4n) is 1.52. The summed E-state index contributed by atoms with van der Waals surface area (Å²) in [5, 5.41) is 4.70. The summed E-state index contributed by atoms with van der Waals surface area (Å²) in [6.07, 6.45) is -1.05. The summed E-state index contributed by atoms with van der Waals surface area (Å²) < 4.78 is 25.5. The Labute approximate surface area is 129 Å². The molecule has 0 radical (unpaired) electrons. The molecule has 0 atom stereocenters. The lowest BCUT2D eigenvalue weighted by Gasteiger charge is -2.16. The zero-order valence-corrected chi connectivity index (χ0v) is 11.6. The molecule has 4 N–H and O–H groups in total. The van der Waals surface area contributed by atoms with Crippen LogP contribution in [0.25, 0.3) is 0 Å². The number of nitrogens with two attached hydrogens (primary N) is 1. The van der Waals surface area contributed by atoms with Gasteiger partial charge in [-0.2, -0.15) is 0 Å². The fourth-order valence-corrected chi connectivity index (χ4v) is 1.52. The number of carbonyl (C=O) groups excluding carboxylic acids is 2. The summed E-state index contributed by atoms with van der Waals surface area (Å²) in [6, 6.07) is 8.81. The van der Waals surface area contributed by atoms with Crippen LogP contribution in [-0.2, 0) is 4.84 Å². The molecule has 0 saturated carbocycles. The molecular weight excluding hydrogens is 310 g/mol. The molecular formula is C14H12F2N4O3. The SMILES string of the molecule is NN(OC(=O)Nc1ccc(F)cc1)C(=O)Nc1ccc(F)cc1. The smallest absolute Gasteiger partial charge is 0.304 e. The molecule has 0 unspecified atom stereocenters. The highest BCUT2D eigenvalue weighted by molar-refractivity contribution is 5.90. The number of rotatable bonds is 2. The van der Waals surface area contributed by atoms with Crippen molar-refractivity contribution in [3.63, 3.8) is 0 Å². The molecule has 0 aromatic heterocycles. The zero-order valence-electron chi connectivity index (χ0n) is 11.6. The predicted octanol–water partition coefficient (Wildman–Crippen LogP) is 2.84. The molecule has 23 heavy (non-hydrogen) atoms. The van der Waals surface area contributed by atoms with Crippen LogP contribution in [0.4, 0.5) is 29.7 Å². The number of urea groups is 1.